The number of halogens is 4. The molecule has 0 aliphatic rings. The number of nitrogens with zero attached hydrogens (tertiary/aromatic N) is 2. The van der Waals surface area contributed by atoms with Gasteiger partial charge < -0.3 is 15.4 Å². The van der Waals surface area contributed by atoms with Crippen LogP contribution in [0, 0.1) is 5.82 Å². The molecule has 0 spiro atoms. The van der Waals surface area contributed by atoms with Crippen LogP contribution >= 0.6 is 0 Å². The predicted molar refractivity (Wildman–Crippen MR) is 107 cm³/mol. The lowest BCUT2D eigenvalue weighted by molar-refractivity contribution is -0.137. The molecule has 158 valence electrons. The number of benzene rings is 2. The number of anilines is 4. The summed E-state index contributed by atoms with van der Waals surface area (Å²) in [7, 11) is 0. The second kappa shape index (κ2) is 8.98. The van der Waals surface area contributed by atoms with Gasteiger partial charge in [0.2, 0.25) is 5.95 Å². The number of hydrogen-bond donors (Lipinski definition) is 2. The van der Waals surface area contributed by atoms with Gasteiger partial charge in [0.05, 0.1) is 11.8 Å². The van der Waals surface area contributed by atoms with Gasteiger partial charge in [-0.25, -0.2) is 9.37 Å². The van der Waals surface area contributed by atoms with Crippen LogP contribution in [0.2, 0.25) is 0 Å². The van der Waals surface area contributed by atoms with Crippen LogP contribution in [-0.2, 0) is 6.18 Å². The third-order valence-corrected chi connectivity index (χ3v) is 4.24. The molecular weight excluding hydrogens is 400 g/mol. The molecule has 0 amide bonds. The van der Waals surface area contributed by atoms with Crippen LogP contribution in [0.4, 0.5) is 40.7 Å². The van der Waals surface area contributed by atoms with Gasteiger partial charge in [0.1, 0.15) is 22.9 Å². The number of aromatic nitrogens is 2. The summed E-state index contributed by atoms with van der Waals surface area (Å²) < 4.78 is 59.4. The van der Waals surface area contributed by atoms with Crippen molar-refractivity contribution < 1.29 is 22.3 Å². The lowest BCUT2D eigenvalue weighted by atomic mass is 10.2. The SMILES string of the molecule is CCC(C)Oc1ccccc1Nc1nc(Nc2ccc(F)cc2)ncc1C(F)(F)F. The van der Waals surface area contributed by atoms with Gasteiger partial charge in [-0.2, -0.15) is 18.2 Å². The van der Waals surface area contributed by atoms with E-state index in [0.29, 0.717) is 23.3 Å². The van der Waals surface area contributed by atoms with E-state index in [0.717, 1.165) is 6.42 Å². The summed E-state index contributed by atoms with van der Waals surface area (Å²) in [4.78, 5) is 7.73. The van der Waals surface area contributed by atoms with Gasteiger partial charge in [0, 0.05) is 11.9 Å². The standard InChI is InChI=1S/C21H20F4N4O/c1-3-13(2)30-18-7-5-4-6-17(18)28-19-16(21(23,24)25)12-26-20(29-19)27-15-10-8-14(22)9-11-15/h4-13H,3H2,1-2H3,(H2,26,27,28,29). The van der Waals surface area contributed by atoms with Crippen molar-refractivity contribution in [1.29, 1.82) is 0 Å². The molecule has 30 heavy (non-hydrogen) atoms. The molecule has 3 aromatic rings. The average molecular weight is 420 g/mol. The molecule has 1 heterocycles. The Kier molecular flexibility index (Phi) is 6.39. The van der Waals surface area contributed by atoms with Crippen molar-refractivity contribution >= 4 is 23.1 Å². The summed E-state index contributed by atoms with van der Waals surface area (Å²) in [6.45, 7) is 3.81. The fourth-order valence-electron chi connectivity index (χ4n) is 2.51. The fourth-order valence-corrected chi connectivity index (χ4v) is 2.51. The van der Waals surface area contributed by atoms with Crippen molar-refractivity contribution in [2.75, 3.05) is 10.6 Å². The summed E-state index contributed by atoms with van der Waals surface area (Å²) in [6.07, 6.45) is -3.35. The fraction of sp³-hybridized carbons (Fsp3) is 0.238. The van der Waals surface area contributed by atoms with E-state index in [1.165, 1.54) is 24.3 Å². The highest BCUT2D eigenvalue weighted by Crippen LogP contribution is 2.37. The Morgan fingerprint density at radius 1 is 1.03 bits per heavy atom. The maximum Gasteiger partial charge on any atom is 0.421 e. The molecule has 1 aromatic heterocycles. The summed E-state index contributed by atoms with van der Waals surface area (Å²) in [5, 5.41) is 5.48. The zero-order valence-electron chi connectivity index (χ0n) is 16.3. The Morgan fingerprint density at radius 2 is 1.73 bits per heavy atom. The molecule has 5 nitrogen and oxygen atoms in total. The highest BCUT2D eigenvalue weighted by atomic mass is 19.4. The van der Waals surface area contributed by atoms with Crippen molar-refractivity contribution in [3.8, 4) is 5.75 Å². The smallest absolute Gasteiger partial charge is 0.421 e. The lowest BCUT2D eigenvalue weighted by Crippen LogP contribution is -2.14. The molecule has 0 fully saturated rings. The molecular formula is C21H20F4N4O. The number of para-hydroxylation sites is 2. The Labute approximate surface area is 171 Å². The molecule has 0 bridgehead atoms. The van der Waals surface area contributed by atoms with Gasteiger partial charge in [0.15, 0.2) is 0 Å². The van der Waals surface area contributed by atoms with Gasteiger partial charge in [-0.15, -0.1) is 0 Å². The minimum absolute atomic E-state index is 0.0718. The Balaban J connectivity index is 1.95. The summed E-state index contributed by atoms with van der Waals surface area (Å²) >= 11 is 0. The molecule has 1 unspecified atom stereocenters. The normalized spacial score (nSPS) is 12.3. The predicted octanol–water partition coefficient (Wildman–Crippen LogP) is 6.30. The number of alkyl halides is 3. The maximum absolute atomic E-state index is 13.5. The molecule has 0 saturated heterocycles. The molecule has 3 rings (SSSR count). The Hall–Kier alpha value is -3.36. The van der Waals surface area contributed by atoms with Crippen LogP contribution < -0.4 is 15.4 Å². The molecule has 9 heteroatoms. The first-order chi connectivity index (χ1) is 14.3. The monoisotopic (exact) mass is 420 g/mol. The van der Waals surface area contributed by atoms with E-state index in [2.05, 4.69) is 20.6 Å². The van der Waals surface area contributed by atoms with Crippen molar-refractivity contribution in [3.05, 3.63) is 66.1 Å². The molecule has 0 radical (unpaired) electrons. The molecule has 0 saturated carbocycles. The molecule has 2 N–H and O–H groups in total. The minimum atomic E-state index is -4.66. The minimum Gasteiger partial charge on any atom is -0.489 e. The van der Waals surface area contributed by atoms with E-state index in [4.69, 9.17) is 4.74 Å². The Morgan fingerprint density at radius 3 is 2.40 bits per heavy atom. The first-order valence-corrected chi connectivity index (χ1v) is 9.25. The average Bonchev–Trinajstić information content (AvgIpc) is 2.70. The highest BCUT2D eigenvalue weighted by molar-refractivity contribution is 5.67. The first-order valence-electron chi connectivity index (χ1n) is 9.25. The van der Waals surface area contributed by atoms with Crippen LogP contribution in [0.15, 0.2) is 54.7 Å². The van der Waals surface area contributed by atoms with Gasteiger partial charge >= 0.3 is 6.18 Å². The molecule has 2 aromatic carbocycles. The van der Waals surface area contributed by atoms with E-state index in [9.17, 15) is 17.6 Å². The van der Waals surface area contributed by atoms with E-state index in [-0.39, 0.29) is 12.1 Å². The molecule has 1 atom stereocenters. The maximum atomic E-state index is 13.5. The van der Waals surface area contributed by atoms with Gasteiger partial charge in [-0.05, 0) is 49.7 Å². The van der Waals surface area contributed by atoms with Crippen LogP contribution in [-0.4, -0.2) is 16.1 Å². The zero-order chi connectivity index (χ0) is 21.7. The number of nitrogens with one attached hydrogen (secondary N) is 2. The van der Waals surface area contributed by atoms with Crippen LogP contribution in [0.3, 0.4) is 0 Å². The quantitative estimate of drug-likeness (QED) is 0.440. The van der Waals surface area contributed by atoms with Crippen molar-refractivity contribution in [2.24, 2.45) is 0 Å². The van der Waals surface area contributed by atoms with E-state index < -0.39 is 23.4 Å². The van der Waals surface area contributed by atoms with Crippen LogP contribution in [0.25, 0.3) is 0 Å². The van der Waals surface area contributed by atoms with Crippen molar-refractivity contribution in [2.45, 2.75) is 32.5 Å². The lowest BCUT2D eigenvalue weighted by Gasteiger charge is -2.19. The second-order valence-electron chi connectivity index (χ2n) is 6.54. The molecule has 0 aliphatic carbocycles. The van der Waals surface area contributed by atoms with E-state index >= 15 is 0 Å². The largest absolute Gasteiger partial charge is 0.489 e. The zero-order valence-corrected chi connectivity index (χ0v) is 16.3. The first kappa shape index (κ1) is 21.4. The number of rotatable bonds is 7. The van der Waals surface area contributed by atoms with Gasteiger partial charge in [-0.1, -0.05) is 19.1 Å². The summed E-state index contributed by atoms with van der Waals surface area (Å²) in [5.41, 5.74) is -0.247. The van der Waals surface area contributed by atoms with Crippen LogP contribution in [0.1, 0.15) is 25.8 Å². The summed E-state index contributed by atoms with van der Waals surface area (Å²) in [6, 6.07) is 12.0. The second-order valence-corrected chi connectivity index (χ2v) is 6.54. The van der Waals surface area contributed by atoms with Crippen LogP contribution in [0.5, 0.6) is 5.75 Å². The van der Waals surface area contributed by atoms with Crippen molar-refractivity contribution in [1.82, 2.24) is 9.97 Å². The third kappa shape index (κ3) is 5.37. The highest BCUT2D eigenvalue weighted by Gasteiger charge is 2.35. The number of ether oxygens (including phenoxy) is 1. The molecule has 0 aliphatic heterocycles. The Bertz CT molecular complexity index is 993. The van der Waals surface area contributed by atoms with E-state index in [1.807, 2.05) is 13.8 Å². The topological polar surface area (TPSA) is 59.1 Å². The summed E-state index contributed by atoms with van der Waals surface area (Å²) in [5.74, 6) is -0.527. The van der Waals surface area contributed by atoms with Crippen molar-refractivity contribution in [3.63, 3.8) is 0 Å². The third-order valence-electron chi connectivity index (χ3n) is 4.24. The van der Waals surface area contributed by atoms with Gasteiger partial charge in [0.25, 0.3) is 0 Å². The van der Waals surface area contributed by atoms with E-state index in [1.54, 1.807) is 24.3 Å². The number of hydrogen-bond acceptors (Lipinski definition) is 5. The van der Waals surface area contributed by atoms with Gasteiger partial charge in [-0.3, -0.25) is 0 Å².